The predicted octanol–water partition coefficient (Wildman–Crippen LogP) is 2.78. The lowest BCUT2D eigenvalue weighted by Gasteiger charge is -2.09. The molecule has 0 radical (unpaired) electrons. The second-order valence-electron chi connectivity index (χ2n) is 5.94. The van der Waals surface area contributed by atoms with Gasteiger partial charge in [-0.1, -0.05) is 11.6 Å². The molecule has 0 saturated heterocycles. The number of halogens is 1. The summed E-state index contributed by atoms with van der Waals surface area (Å²) >= 11 is 6.32. The lowest BCUT2D eigenvalue weighted by Crippen LogP contribution is -2.06. The molecule has 0 aliphatic carbocycles. The van der Waals surface area contributed by atoms with Gasteiger partial charge in [0.25, 0.3) is 5.95 Å². The third-order valence-corrected chi connectivity index (χ3v) is 4.15. The number of hydrogen-bond donors (Lipinski definition) is 0. The zero-order chi connectivity index (χ0) is 18.1. The van der Waals surface area contributed by atoms with Crippen molar-refractivity contribution in [1.29, 1.82) is 0 Å². The Balaban J connectivity index is 1.66. The smallest absolute Gasteiger partial charge is 0.273 e. The van der Waals surface area contributed by atoms with Gasteiger partial charge < -0.3 is 9.47 Å². The van der Waals surface area contributed by atoms with E-state index >= 15 is 0 Å². The number of ether oxygens (including phenoxy) is 2. The third-order valence-electron chi connectivity index (χ3n) is 3.87. The standard InChI is InChI=1S/C17H17ClN6O2/c1-11-6-12(2)24(22-11)17-21-19-10-23(17)20-9-13-7-14(18)16-15(8-13)25-4-3-5-26-16/h6-10H,3-5H2,1-2H3/b20-9-. The Morgan fingerprint density at radius 1 is 1.19 bits per heavy atom. The van der Waals surface area contributed by atoms with Crippen molar-refractivity contribution >= 4 is 17.8 Å². The summed E-state index contributed by atoms with van der Waals surface area (Å²) in [6.45, 7) is 5.06. The minimum Gasteiger partial charge on any atom is -0.489 e. The van der Waals surface area contributed by atoms with Crippen LogP contribution in [0.3, 0.4) is 0 Å². The fourth-order valence-electron chi connectivity index (χ4n) is 2.73. The first-order chi connectivity index (χ1) is 12.6. The SMILES string of the molecule is Cc1cc(C)n(-c2nncn2/N=C\c2cc(Cl)c3c(c2)OCCCO3)n1. The van der Waals surface area contributed by atoms with E-state index in [1.54, 1.807) is 21.6 Å². The Labute approximate surface area is 155 Å². The van der Waals surface area contributed by atoms with E-state index in [9.17, 15) is 0 Å². The number of rotatable bonds is 3. The van der Waals surface area contributed by atoms with Gasteiger partial charge in [0.1, 0.15) is 6.33 Å². The van der Waals surface area contributed by atoms with E-state index in [1.165, 1.54) is 6.33 Å². The highest BCUT2D eigenvalue weighted by Gasteiger charge is 2.15. The van der Waals surface area contributed by atoms with Crippen molar-refractivity contribution in [2.24, 2.45) is 5.10 Å². The molecule has 1 aliphatic rings. The molecule has 0 spiro atoms. The molecule has 0 saturated carbocycles. The van der Waals surface area contributed by atoms with Crippen LogP contribution in [-0.2, 0) is 0 Å². The second-order valence-corrected chi connectivity index (χ2v) is 6.35. The van der Waals surface area contributed by atoms with Crippen LogP contribution in [-0.4, -0.2) is 44.1 Å². The summed E-state index contributed by atoms with van der Waals surface area (Å²) in [6, 6.07) is 5.60. The third kappa shape index (κ3) is 3.15. The van der Waals surface area contributed by atoms with Gasteiger partial charge in [-0.05, 0) is 37.6 Å². The molecule has 1 aliphatic heterocycles. The molecule has 0 N–H and O–H groups in total. The van der Waals surface area contributed by atoms with E-state index in [0.717, 1.165) is 23.4 Å². The fraction of sp³-hybridized carbons (Fsp3) is 0.294. The number of aryl methyl sites for hydroxylation is 2. The molecule has 9 heteroatoms. The van der Waals surface area contributed by atoms with Crippen molar-refractivity contribution in [3.8, 4) is 17.4 Å². The molecule has 0 fully saturated rings. The van der Waals surface area contributed by atoms with Gasteiger partial charge in [0.15, 0.2) is 11.5 Å². The van der Waals surface area contributed by atoms with Crippen LogP contribution >= 0.6 is 11.6 Å². The molecule has 0 atom stereocenters. The number of fused-ring (bicyclic) bond motifs is 1. The minimum atomic E-state index is 0.494. The molecule has 0 amide bonds. The zero-order valence-corrected chi connectivity index (χ0v) is 15.1. The topological polar surface area (TPSA) is 79.4 Å². The molecule has 8 nitrogen and oxygen atoms in total. The number of aromatic nitrogens is 5. The van der Waals surface area contributed by atoms with Crippen LogP contribution in [0.1, 0.15) is 23.4 Å². The van der Waals surface area contributed by atoms with Crippen LogP contribution < -0.4 is 9.47 Å². The van der Waals surface area contributed by atoms with Crippen molar-refractivity contribution in [1.82, 2.24) is 24.7 Å². The van der Waals surface area contributed by atoms with E-state index in [4.69, 9.17) is 21.1 Å². The van der Waals surface area contributed by atoms with E-state index < -0.39 is 0 Å². The van der Waals surface area contributed by atoms with Gasteiger partial charge in [0, 0.05) is 12.1 Å². The molecule has 1 aromatic carbocycles. The highest BCUT2D eigenvalue weighted by Crippen LogP contribution is 2.37. The first-order valence-electron chi connectivity index (χ1n) is 8.19. The quantitative estimate of drug-likeness (QED) is 0.660. The molecule has 3 heterocycles. The van der Waals surface area contributed by atoms with Crippen LogP contribution in [0.5, 0.6) is 11.5 Å². The van der Waals surface area contributed by atoms with Crippen LogP contribution in [0.25, 0.3) is 5.95 Å². The maximum Gasteiger partial charge on any atom is 0.273 e. The van der Waals surface area contributed by atoms with Gasteiger partial charge >= 0.3 is 0 Å². The summed E-state index contributed by atoms with van der Waals surface area (Å²) in [7, 11) is 0. The molecule has 2 aromatic heterocycles. The van der Waals surface area contributed by atoms with E-state index in [1.807, 2.05) is 26.0 Å². The maximum absolute atomic E-state index is 6.32. The summed E-state index contributed by atoms with van der Waals surface area (Å²) in [5.74, 6) is 1.71. The lowest BCUT2D eigenvalue weighted by atomic mass is 10.2. The first kappa shape index (κ1) is 16.6. The first-order valence-corrected chi connectivity index (χ1v) is 8.57. The molecule has 3 aromatic rings. The minimum absolute atomic E-state index is 0.494. The molecule has 4 rings (SSSR count). The number of hydrogen-bond acceptors (Lipinski definition) is 6. The van der Waals surface area contributed by atoms with Crippen molar-refractivity contribution in [2.45, 2.75) is 20.3 Å². The van der Waals surface area contributed by atoms with Crippen LogP contribution in [0, 0.1) is 13.8 Å². The largest absolute Gasteiger partial charge is 0.489 e. The average Bonchev–Trinajstić information content (AvgIpc) is 3.11. The van der Waals surface area contributed by atoms with E-state index in [2.05, 4.69) is 20.4 Å². The van der Waals surface area contributed by atoms with Crippen molar-refractivity contribution < 1.29 is 9.47 Å². The van der Waals surface area contributed by atoms with Gasteiger partial charge in [-0.25, -0.2) is 4.68 Å². The Hall–Kier alpha value is -2.87. The Morgan fingerprint density at radius 2 is 2.04 bits per heavy atom. The second kappa shape index (κ2) is 6.80. The summed E-state index contributed by atoms with van der Waals surface area (Å²) in [5, 5.41) is 17.4. The summed E-state index contributed by atoms with van der Waals surface area (Å²) in [5.41, 5.74) is 2.63. The van der Waals surface area contributed by atoms with Crippen molar-refractivity contribution in [3.05, 3.63) is 46.5 Å². The maximum atomic E-state index is 6.32. The molecular weight excluding hydrogens is 356 g/mol. The Kier molecular flexibility index (Phi) is 4.34. The highest BCUT2D eigenvalue weighted by molar-refractivity contribution is 6.32. The van der Waals surface area contributed by atoms with Crippen LogP contribution in [0.4, 0.5) is 0 Å². The van der Waals surface area contributed by atoms with Gasteiger partial charge in [-0.3, -0.25) is 0 Å². The summed E-state index contributed by atoms with van der Waals surface area (Å²) in [4.78, 5) is 0. The van der Waals surface area contributed by atoms with E-state index in [-0.39, 0.29) is 0 Å². The Bertz CT molecular complexity index is 978. The molecule has 0 bridgehead atoms. The Morgan fingerprint density at radius 3 is 2.85 bits per heavy atom. The number of benzene rings is 1. The molecule has 26 heavy (non-hydrogen) atoms. The fourth-order valence-corrected chi connectivity index (χ4v) is 3.00. The predicted molar refractivity (Wildman–Crippen MR) is 96.7 cm³/mol. The molecular formula is C17H17ClN6O2. The summed E-state index contributed by atoms with van der Waals surface area (Å²) < 4.78 is 14.6. The van der Waals surface area contributed by atoms with Gasteiger partial charge in [0.2, 0.25) is 0 Å². The van der Waals surface area contributed by atoms with Gasteiger partial charge in [-0.15, -0.1) is 10.2 Å². The van der Waals surface area contributed by atoms with Crippen LogP contribution in [0.15, 0.2) is 29.6 Å². The highest BCUT2D eigenvalue weighted by atomic mass is 35.5. The number of nitrogens with zero attached hydrogens (tertiary/aromatic N) is 6. The van der Waals surface area contributed by atoms with Crippen LogP contribution in [0.2, 0.25) is 5.02 Å². The van der Waals surface area contributed by atoms with Crippen molar-refractivity contribution in [2.75, 3.05) is 13.2 Å². The van der Waals surface area contributed by atoms with Crippen molar-refractivity contribution in [3.63, 3.8) is 0 Å². The van der Waals surface area contributed by atoms with Gasteiger partial charge in [-0.2, -0.15) is 14.9 Å². The zero-order valence-electron chi connectivity index (χ0n) is 14.4. The van der Waals surface area contributed by atoms with E-state index in [0.29, 0.717) is 35.7 Å². The normalized spacial score (nSPS) is 14.0. The average molecular weight is 373 g/mol. The monoisotopic (exact) mass is 372 g/mol. The molecule has 134 valence electrons. The lowest BCUT2D eigenvalue weighted by molar-refractivity contribution is 0.297. The van der Waals surface area contributed by atoms with Gasteiger partial charge in [0.05, 0.1) is 30.1 Å². The molecule has 0 unspecified atom stereocenters. The summed E-state index contributed by atoms with van der Waals surface area (Å²) in [6.07, 6.45) is 4.01.